The Hall–Kier alpha value is -2.36. The van der Waals surface area contributed by atoms with Crippen LogP contribution in [0.4, 0.5) is 4.79 Å². The van der Waals surface area contributed by atoms with Crippen LogP contribution in [0, 0.1) is 11.8 Å². The van der Waals surface area contributed by atoms with Crippen LogP contribution >= 0.6 is 0 Å². The zero-order valence-corrected chi connectivity index (χ0v) is 19.1. The van der Waals surface area contributed by atoms with E-state index in [4.69, 9.17) is 4.74 Å². The van der Waals surface area contributed by atoms with Gasteiger partial charge in [0, 0.05) is 0 Å². The Morgan fingerprint density at radius 2 is 1.33 bits per heavy atom. The first-order valence-corrected chi connectivity index (χ1v) is 10.1. The number of rotatable bonds is 10. The molecule has 5 N–H and O–H groups in total. The van der Waals surface area contributed by atoms with Gasteiger partial charge in [-0.3, -0.25) is 9.59 Å². The van der Waals surface area contributed by atoms with Gasteiger partial charge in [-0.1, -0.05) is 34.1 Å². The second kappa shape index (κ2) is 11.7. The van der Waals surface area contributed by atoms with E-state index in [0.717, 1.165) is 0 Å². The van der Waals surface area contributed by atoms with Gasteiger partial charge in [-0.25, -0.2) is 9.59 Å². The number of carbonyl (C=O) groups is 4. The van der Waals surface area contributed by atoms with Crippen molar-refractivity contribution in [2.75, 3.05) is 0 Å². The Labute approximate surface area is 178 Å². The van der Waals surface area contributed by atoms with Gasteiger partial charge in [0.1, 0.15) is 23.7 Å². The van der Waals surface area contributed by atoms with E-state index < -0.39 is 53.7 Å². The third-order valence-electron chi connectivity index (χ3n) is 4.46. The van der Waals surface area contributed by atoms with E-state index in [0.29, 0.717) is 6.42 Å². The van der Waals surface area contributed by atoms with Crippen molar-refractivity contribution < 1.29 is 34.1 Å². The first-order chi connectivity index (χ1) is 13.6. The van der Waals surface area contributed by atoms with Crippen molar-refractivity contribution in [3.05, 3.63) is 0 Å². The molecule has 0 rings (SSSR count). The highest BCUT2D eigenvalue weighted by atomic mass is 16.6. The summed E-state index contributed by atoms with van der Waals surface area (Å²) in [6, 6.07) is -3.53. The van der Waals surface area contributed by atoms with Crippen molar-refractivity contribution in [2.45, 2.75) is 91.6 Å². The Kier molecular flexibility index (Phi) is 10.8. The average Bonchev–Trinajstić information content (AvgIpc) is 2.58. The summed E-state index contributed by atoms with van der Waals surface area (Å²) in [5.41, 5.74) is -0.800. The number of carboxylic acids is 1. The maximum atomic E-state index is 12.7. The van der Waals surface area contributed by atoms with Gasteiger partial charge in [0.25, 0.3) is 0 Å². The van der Waals surface area contributed by atoms with Crippen LogP contribution in [0.15, 0.2) is 0 Å². The van der Waals surface area contributed by atoms with E-state index in [1.807, 2.05) is 6.92 Å². The van der Waals surface area contributed by atoms with Crippen LogP contribution < -0.4 is 16.0 Å². The van der Waals surface area contributed by atoms with E-state index >= 15 is 0 Å². The largest absolute Gasteiger partial charge is 0.480 e. The maximum Gasteiger partial charge on any atom is 0.408 e. The summed E-state index contributed by atoms with van der Waals surface area (Å²) in [5, 5.41) is 26.6. The third-order valence-corrected chi connectivity index (χ3v) is 4.46. The van der Waals surface area contributed by atoms with Crippen molar-refractivity contribution >= 4 is 23.9 Å². The molecule has 0 aromatic carbocycles. The van der Waals surface area contributed by atoms with E-state index in [1.54, 1.807) is 41.5 Å². The van der Waals surface area contributed by atoms with E-state index in [1.165, 1.54) is 6.92 Å². The number of aliphatic hydroxyl groups excluding tert-OH is 1. The number of hydrogen-bond acceptors (Lipinski definition) is 6. The molecule has 30 heavy (non-hydrogen) atoms. The fraction of sp³-hybridized carbons (Fsp3) is 0.800. The molecule has 0 aromatic rings. The van der Waals surface area contributed by atoms with Crippen LogP contribution in [0.5, 0.6) is 0 Å². The lowest BCUT2D eigenvalue weighted by Gasteiger charge is -2.29. The zero-order valence-electron chi connectivity index (χ0n) is 19.1. The standard InChI is InChI=1S/C20H37N3O7/c1-9-11(4)14(18(27)28)22-16(25)13(10(2)3)21-17(26)15(12(5)24)23-19(29)30-20(6,7)8/h10-15,24H,9H2,1-8H3,(H,21,26)(H,22,25)(H,23,29)(H,27,28)/t11-,12+,13-,14-,15-/m0/s1. The summed E-state index contributed by atoms with van der Waals surface area (Å²) in [5.74, 6) is -3.31. The molecule has 5 atom stereocenters. The minimum Gasteiger partial charge on any atom is -0.480 e. The number of aliphatic carboxylic acids is 1. The van der Waals surface area contributed by atoms with Crippen LogP contribution in [0.3, 0.4) is 0 Å². The van der Waals surface area contributed by atoms with Crippen molar-refractivity contribution in [3.8, 4) is 0 Å². The van der Waals surface area contributed by atoms with Gasteiger partial charge >= 0.3 is 12.1 Å². The zero-order chi connectivity index (χ0) is 23.8. The molecule has 0 aliphatic carbocycles. The summed E-state index contributed by atoms with van der Waals surface area (Å²) in [7, 11) is 0. The molecule has 0 unspecified atom stereocenters. The lowest BCUT2D eigenvalue weighted by Crippen LogP contribution is -2.60. The molecule has 0 aliphatic rings. The quantitative estimate of drug-likeness (QED) is 0.346. The summed E-state index contributed by atoms with van der Waals surface area (Å²) in [6.07, 6.45) is -1.61. The van der Waals surface area contributed by atoms with Crippen molar-refractivity contribution in [3.63, 3.8) is 0 Å². The van der Waals surface area contributed by atoms with Gasteiger partial charge in [0.05, 0.1) is 6.10 Å². The van der Waals surface area contributed by atoms with Crippen LogP contribution in [0.2, 0.25) is 0 Å². The molecule has 10 nitrogen and oxygen atoms in total. The monoisotopic (exact) mass is 431 g/mol. The van der Waals surface area contributed by atoms with Gasteiger partial charge in [-0.2, -0.15) is 0 Å². The predicted molar refractivity (Wildman–Crippen MR) is 111 cm³/mol. The smallest absolute Gasteiger partial charge is 0.408 e. The summed E-state index contributed by atoms with van der Waals surface area (Å²) >= 11 is 0. The molecule has 0 spiro atoms. The molecule has 0 fully saturated rings. The van der Waals surface area contributed by atoms with Gasteiger partial charge in [0.2, 0.25) is 11.8 Å². The molecular formula is C20H37N3O7. The fourth-order valence-electron chi connectivity index (χ4n) is 2.54. The Bertz CT molecular complexity index is 614. The SMILES string of the molecule is CC[C@H](C)[C@H](NC(=O)[C@@H](NC(=O)[C@@H](NC(=O)OC(C)(C)C)[C@@H](C)O)C(C)C)C(=O)O. The van der Waals surface area contributed by atoms with E-state index in [9.17, 15) is 29.4 Å². The van der Waals surface area contributed by atoms with E-state index in [2.05, 4.69) is 16.0 Å². The molecule has 0 bridgehead atoms. The number of amides is 3. The molecule has 0 aliphatic heterocycles. The minimum atomic E-state index is -1.36. The molecule has 0 heterocycles. The number of aliphatic hydroxyl groups is 1. The molecule has 0 aromatic heterocycles. The van der Waals surface area contributed by atoms with Crippen molar-refractivity contribution in [2.24, 2.45) is 11.8 Å². The summed E-state index contributed by atoms with van der Waals surface area (Å²) in [4.78, 5) is 48.8. The molecule has 0 radical (unpaired) electrons. The molecule has 0 saturated heterocycles. The minimum absolute atomic E-state index is 0.311. The molecule has 0 saturated carbocycles. The van der Waals surface area contributed by atoms with Crippen LogP contribution in [0.1, 0.15) is 61.8 Å². The topological polar surface area (TPSA) is 154 Å². The summed E-state index contributed by atoms with van der Waals surface area (Å²) < 4.78 is 5.10. The van der Waals surface area contributed by atoms with Crippen molar-refractivity contribution in [1.29, 1.82) is 0 Å². The Morgan fingerprint density at radius 1 is 0.867 bits per heavy atom. The van der Waals surface area contributed by atoms with E-state index in [-0.39, 0.29) is 11.8 Å². The first-order valence-electron chi connectivity index (χ1n) is 10.1. The Balaban J connectivity index is 5.37. The maximum absolute atomic E-state index is 12.7. The highest BCUT2D eigenvalue weighted by Gasteiger charge is 2.34. The lowest BCUT2D eigenvalue weighted by atomic mass is 9.97. The third kappa shape index (κ3) is 9.43. The van der Waals surface area contributed by atoms with Gasteiger partial charge in [-0.05, 0) is 39.5 Å². The predicted octanol–water partition coefficient (Wildman–Crippen LogP) is 1.02. The molecule has 10 heteroatoms. The molecule has 174 valence electrons. The molecule has 3 amide bonds. The lowest BCUT2D eigenvalue weighted by molar-refractivity contribution is -0.144. The van der Waals surface area contributed by atoms with Crippen LogP contribution in [-0.2, 0) is 19.1 Å². The van der Waals surface area contributed by atoms with Crippen LogP contribution in [-0.4, -0.2) is 63.9 Å². The molecular weight excluding hydrogens is 394 g/mol. The highest BCUT2D eigenvalue weighted by Crippen LogP contribution is 2.11. The first kappa shape index (κ1) is 27.6. The fourth-order valence-corrected chi connectivity index (χ4v) is 2.54. The van der Waals surface area contributed by atoms with Gasteiger partial charge < -0.3 is 30.9 Å². The summed E-state index contributed by atoms with van der Waals surface area (Å²) in [6.45, 7) is 13.2. The number of alkyl carbamates (subject to hydrolysis) is 1. The van der Waals surface area contributed by atoms with Crippen LogP contribution in [0.25, 0.3) is 0 Å². The second-order valence-corrected chi connectivity index (χ2v) is 8.80. The number of ether oxygens (including phenoxy) is 1. The van der Waals surface area contributed by atoms with Crippen molar-refractivity contribution in [1.82, 2.24) is 16.0 Å². The number of hydrogen-bond donors (Lipinski definition) is 5. The number of nitrogens with one attached hydrogen (secondary N) is 3. The second-order valence-electron chi connectivity index (χ2n) is 8.80. The van der Waals surface area contributed by atoms with Gasteiger partial charge in [0.15, 0.2) is 0 Å². The number of carbonyl (C=O) groups excluding carboxylic acids is 3. The van der Waals surface area contributed by atoms with Gasteiger partial charge in [-0.15, -0.1) is 0 Å². The Morgan fingerprint density at radius 3 is 1.70 bits per heavy atom. The number of carboxylic acid groups (broad SMARTS) is 1. The highest BCUT2D eigenvalue weighted by molar-refractivity contribution is 5.93. The average molecular weight is 432 g/mol. The normalized spacial score (nSPS) is 16.6.